The molecule has 3 rings (SSSR count). The third-order valence-corrected chi connectivity index (χ3v) is 6.14. The molecule has 0 radical (unpaired) electrons. The summed E-state index contributed by atoms with van der Waals surface area (Å²) in [7, 11) is 4.92. The topological polar surface area (TPSA) is 65.7 Å². The zero-order valence-electron chi connectivity index (χ0n) is 19.0. The van der Waals surface area contributed by atoms with Gasteiger partial charge in [-0.15, -0.1) is 0 Å². The molecule has 0 aromatic heterocycles. The number of hydrogen-bond donors (Lipinski definition) is 3. The van der Waals surface area contributed by atoms with Crippen molar-refractivity contribution in [2.45, 2.75) is 26.1 Å². The van der Waals surface area contributed by atoms with Crippen LogP contribution in [0.1, 0.15) is 18.1 Å². The molecule has 1 fully saturated rings. The Labute approximate surface area is 184 Å². The lowest BCUT2D eigenvalue weighted by Gasteiger charge is -2.33. The van der Waals surface area contributed by atoms with Gasteiger partial charge in [-0.3, -0.25) is 4.79 Å². The fourth-order valence-corrected chi connectivity index (χ4v) is 4.23. The number of hydrogen-bond acceptors (Lipinski definition) is 4. The van der Waals surface area contributed by atoms with E-state index in [4.69, 9.17) is 14.2 Å². The van der Waals surface area contributed by atoms with Crippen LogP contribution in [0.3, 0.4) is 0 Å². The van der Waals surface area contributed by atoms with E-state index in [2.05, 4.69) is 5.32 Å². The summed E-state index contributed by atoms with van der Waals surface area (Å²) in [5, 5.41) is 3.08. The van der Waals surface area contributed by atoms with Crippen LogP contribution in [0, 0.1) is 0 Å². The van der Waals surface area contributed by atoms with E-state index in [0.29, 0.717) is 18.0 Å². The Morgan fingerprint density at radius 1 is 0.935 bits per heavy atom. The van der Waals surface area contributed by atoms with Crippen LogP contribution < -0.4 is 29.3 Å². The Hall–Kier alpha value is -2.77. The molecule has 3 N–H and O–H groups in total. The summed E-state index contributed by atoms with van der Waals surface area (Å²) in [6.07, 6.45) is 0. The molecular weight excluding hydrogens is 394 g/mol. The van der Waals surface area contributed by atoms with Gasteiger partial charge in [-0.2, -0.15) is 0 Å². The highest BCUT2D eigenvalue weighted by atomic mass is 16.5. The third kappa shape index (κ3) is 5.68. The second-order valence-corrected chi connectivity index (χ2v) is 8.00. The van der Waals surface area contributed by atoms with Crippen molar-refractivity contribution >= 4 is 5.91 Å². The number of carbonyl (C=O) groups is 1. The fourth-order valence-electron chi connectivity index (χ4n) is 4.23. The first-order chi connectivity index (χ1) is 15.1. The molecule has 168 valence electrons. The molecule has 2 aromatic rings. The quantitative estimate of drug-likeness (QED) is 0.512. The second kappa shape index (κ2) is 11.0. The first-order valence-electron chi connectivity index (χ1n) is 10.8. The van der Waals surface area contributed by atoms with Crippen molar-refractivity contribution in [3.05, 3.63) is 53.6 Å². The van der Waals surface area contributed by atoms with Gasteiger partial charge in [0.25, 0.3) is 5.91 Å². The van der Waals surface area contributed by atoms with Gasteiger partial charge in [0, 0.05) is 6.54 Å². The molecule has 7 nitrogen and oxygen atoms in total. The highest BCUT2D eigenvalue weighted by Crippen LogP contribution is 2.39. The van der Waals surface area contributed by atoms with Gasteiger partial charge >= 0.3 is 0 Å². The van der Waals surface area contributed by atoms with Crippen LogP contribution in [-0.4, -0.2) is 59.5 Å². The van der Waals surface area contributed by atoms with Crippen LogP contribution in [0.5, 0.6) is 17.2 Å². The number of nitrogens with one attached hydrogen (secondary N) is 3. The summed E-state index contributed by atoms with van der Waals surface area (Å²) in [5.74, 6) is 2.15. The number of rotatable bonds is 9. The molecule has 2 aromatic carbocycles. The van der Waals surface area contributed by atoms with Gasteiger partial charge in [0.1, 0.15) is 32.7 Å². The number of amides is 1. The van der Waals surface area contributed by atoms with Gasteiger partial charge < -0.3 is 29.3 Å². The fraction of sp³-hybridized carbons (Fsp3) is 0.458. The van der Waals surface area contributed by atoms with Crippen molar-refractivity contribution in [2.75, 3.05) is 47.5 Å². The van der Waals surface area contributed by atoms with E-state index in [-0.39, 0.29) is 11.9 Å². The predicted octanol–water partition coefficient (Wildman–Crippen LogP) is -0.299. The lowest BCUT2D eigenvalue weighted by molar-refractivity contribution is -1.02. The van der Waals surface area contributed by atoms with Crippen molar-refractivity contribution in [1.82, 2.24) is 5.32 Å². The minimum absolute atomic E-state index is 0.0547. The summed E-state index contributed by atoms with van der Waals surface area (Å²) >= 11 is 0. The van der Waals surface area contributed by atoms with Gasteiger partial charge in [0.05, 0.1) is 26.9 Å². The Balaban J connectivity index is 1.53. The van der Waals surface area contributed by atoms with Gasteiger partial charge in [-0.25, -0.2) is 0 Å². The number of quaternary nitrogens is 2. The number of carbonyl (C=O) groups excluding carboxylic acids is 1. The van der Waals surface area contributed by atoms with Gasteiger partial charge in [0.2, 0.25) is 5.75 Å². The van der Waals surface area contributed by atoms with Crippen LogP contribution in [0.15, 0.2) is 42.5 Å². The molecule has 31 heavy (non-hydrogen) atoms. The molecule has 0 spiro atoms. The summed E-state index contributed by atoms with van der Waals surface area (Å²) in [6, 6.07) is 13.9. The standard InChI is InChI=1S/C24H33N3O4/c1-18(24(28)25-16-19-8-6-5-7-9-19)27-14-12-26(13-15-27)17-20-10-11-21(29-2)23(31-4)22(20)30-3/h5-11,18H,12-17H2,1-4H3,(H,25,28)/p+2/t18-/m1/s1. The molecular formula is C24H35N3O4+2. The number of piperazine rings is 1. The van der Waals surface area contributed by atoms with E-state index >= 15 is 0 Å². The monoisotopic (exact) mass is 429 g/mol. The largest absolute Gasteiger partial charge is 0.493 e. The lowest BCUT2D eigenvalue weighted by atomic mass is 10.1. The summed E-state index contributed by atoms with van der Waals surface area (Å²) in [4.78, 5) is 15.4. The maximum atomic E-state index is 12.6. The Bertz CT molecular complexity index is 851. The normalized spacial score (nSPS) is 19.4. The molecule has 1 aliphatic heterocycles. The molecule has 0 unspecified atom stereocenters. The molecule has 1 amide bonds. The van der Waals surface area contributed by atoms with Crippen LogP contribution in [0.4, 0.5) is 0 Å². The maximum Gasteiger partial charge on any atom is 0.278 e. The van der Waals surface area contributed by atoms with Crippen molar-refractivity contribution in [2.24, 2.45) is 0 Å². The minimum Gasteiger partial charge on any atom is -0.493 e. The maximum absolute atomic E-state index is 12.6. The highest BCUT2D eigenvalue weighted by molar-refractivity contribution is 5.79. The third-order valence-electron chi connectivity index (χ3n) is 6.14. The second-order valence-electron chi connectivity index (χ2n) is 8.00. The molecule has 1 heterocycles. The van der Waals surface area contributed by atoms with Crippen molar-refractivity contribution in [3.8, 4) is 17.2 Å². The Morgan fingerprint density at radius 2 is 1.61 bits per heavy atom. The summed E-state index contributed by atoms with van der Waals surface area (Å²) in [6.45, 7) is 7.39. The molecule has 7 heteroatoms. The average Bonchev–Trinajstić information content (AvgIpc) is 2.82. The summed E-state index contributed by atoms with van der Waals surface area (Å²) in [5.41, 5.74) is 2.23. The SMILES string of the molecule is COc1ccc(C[NH+]2CC[NH+]([C@H](C)C(=O)NCc3ccccc3)CC2)c(OC)c1OC. The van der Waals surface area contributed by atoms with E-state index < -0.39 is 0 Å². The molecule has 1 saturated heterocycles. The van der Waals surface area contributed by atoms with Gasteiger partial charge in [0.15, 0.2) is 17.5 Å². The number of ether oxygens (including phenoxy) is 3. The molecule has 0 aliphatic carbocycles. The van der Waals surface area contributed by atoms with E-state index in [0.717, 1.165) is 49.6 Å². The number of benzene rings is 2. The van der Waals surface area contributed by atoms with E-state index in [1.165, 1.54) is 9.80 Å². The lowest BCUT2D eigenvalue weighted by Crippen LogP contribution is -3.29. The molecule has 0 saturated carbocycles. The van der Waals surface area contributed by atoms with E-state index in [9.17, 15) is 4.79 Å². The first kappa shape index (κ1) is 22.9. The molecule has 1 aliphatic rings. The average molecular weight is 430 g/mol. The zero-order valence-corrected chi connectivity index (χ0v) is 19.0. The first-order valence-corrected chi connectivity index (χ1v) is 10.8. The highest BCUT2D eigenvalue weighted by Gasteiger charge is 2.31. The van der Waals surface area contributed by atoms with Crippen molar-refractivity contribution in [3.63, 3.8) is 0 Å². The zero-order chi connectivity index (χ0) is 22.2. The Morgan fingerprint density at radius 3 is 2.23 bits per heavy atom. The van der Waals surface area contributed by atoms with Gasteiger partial charge in [-0.05, 0) is 24.6 Å². The van der Waals surface area contributed by atoms with E-state index in [1.54, 1.807) is 21.3 Å². The van der Waals surface area contributed by atoms with Crippen molar-refractivity contribution < 1.29 is 28.8 Å². The Kier molecular flexibility index (Phi) is 8.14. The van der Waals surface area contributed by atoms with Crippen LogP contribution in [0.2, 0.25) is 0 Å². The molecule has 0 bridgehead atoms. The van der Waals surface area contributed by atoms with Crippen LogP contribution >= 0.6 is 0 Å². The van der Waals surface area contributed by atoms with E-state index in [1.807, 2.05) is 49.4 Å². The van der Waals surface area contributed by atoms with Crippen LogP contribution in [0.25, 0.3) is 0 Å². The smallest absolute Gasteiger partial charge is 0.278 e. The van der Waals surface area contributed by atoms with Crippen molar-refractivity contribution in [1.29, 1.82) is 0 Å². The molecule has 1 atom stereocenters. The number of methoxy groups -OCH3 is 3. The minimum atomic E-state index is -0.0547. The van der Waals surface area contributed by atoms with Crippen LogP contribution in [-0.2, 0) is 17.9 Å². The predicted molar refractivity (Wildman–Crippen MR) is 119 cm³/mol. The van der Waals surface area contributed by atoms with Gasteiger partial charge in [-0.1, -0.05) is 30.3 Å². The summed E-state index contributed by atoms with van der Waals surface area (Å²) < 4.78 is 16.5.